The quantitative estimate of drug-likeness (QED) is 0.836. The summed E-state index contributed by atoms with van der Waals surface area (Å²) in [6.45, 7) is 10.6. The van der Waals surface area contributed by atoms with Gasteiger partial charge >= 0.3 is 0 Å². The molecule has 0 aromatic carbocycles. The zero-order valence-electron chi connectivity index (χ0n) is 12.3. The predicted molar refractivity (Wildman–Crippen MR) is 76.0 cm³/mol. The maximum absolute atomic E-state index is 9.50. The van der Waals surface area contributed by atoms with Gasteiger partial charge in [-0.05, 0) is 30.2 Å². The molecule has 2 atom stereocenters. The van der Waals surface area contributed by atoms with Gasteiger partial charge in [0.25, 0.3) is 0 Å². The Kier molecular flexibility index (Phi) is 4.04. The number of nitrogens with zero attached hydrogens (tertiary/aromatic N) is 4. The highest BCUT2D eigenvalue weighted by Crippen LogP contribution is 2.30. The molecule has 2 rings (SSSR count). The Hall–Kier alpha value is -1.63. The van der Waals surface area contributed by atoms with Crippen molar-refractivity contribution in [3.05, 3.63) is 16.8 Å². The number of rotatable bonds is 3. The van der Waals surface area contributed by atoms with Crippen LogP contribution in [0.15, 0.2) is 0 Å². The Bertz CT molecular complexity index is 494. The Morgan fingerprint density at radius 3 is 2.26 bits per heavy atom. The van der Waals surface area contributed by atoms with Gasteiger partial charge in [-0.15, -0.1) is 5.10 Å². The number of aromatic nitrogens is 2. The van der Waals surface area contributed by atoms with E-state index in [0.717, 1.165) is 48.6 Å². The fourth-order valence-electron chi connectivity index (χ4n) is 2.80. The van der Waals surface area contributed by atoms with E-state index in [4.69, 9.17) is 0 Å². The standard InChI is InChI=1S/C15H22N4/c1-5-12-13(7-16)15(18-17-14(12)6-2)19-8-10(3)11(4)9-19/h10-11H,5-6,8-9H2,1-4H3. The lowest BCUT2D eigenvalue weighted by Gasteiger charge is -2.20. The Morgan fingerprint density at radius 2 is 1.79 bits per heavy atom. The summed E-state index contributed by atoms with van der Waals surface area (Å²) in [7, 11) is 0. The zero-order chi connectivity index (χ0) is 14.0. The third-order valence-corrected chi connectivity index (χ3v) is 4.23. The van der Waals surface area contributed by atoms with Gasteiger partial charge in [-0.1, -0.05) is 27.7 Å². The first-order chi connectivity index (χ1) is 9.12. The number of anilines is 1. The van der Waals surface area contributed by atoms with Crippen molar-refractivity contribution in [1.82, 2.24) is 10.2 Å². The molecule has 1 fully saturated rings. The molecule has 2 heterocycles. The van der Waals surface area contributed by atoms with Gasteiger partial charge in [-0.25, -0.2) is 0 Å². The minimum Gasteiger partial charge on any atom is -0.353 e. The molecule has 4 heteroatoms. The summed E-state index contributed by atoms with van der Waals surface area (Å²) in [5, 5.41) is 18.2. The summed E-state index contributed by atoms with van der Waals surface area (Å²) >= 11 is 0. The highest BCUT2D eigenvalue weighted by Gasteiger charge is 2.29. The van der Waals surface area contributed by atoms with Crippen LogP contribution >= 0.6 is 0 Å². The van der Waals surface area contributed by atoms with Gasteiger partial charge in [0.05, 0.1) is 5.69 Å². The van der Waals surface area contributed by atoms with E-state index >= 15 is 0 Å². The highest BCUT2D eigenvalue weighted by atomic mass is 15.3. The van der Waals surface area contributed by atoms with Gasteiger partial charge in [-0.2, -0.15) is 10.4 Å². The monoisotopic (exact) mass is 258 g/mol. The average Bonchev–Trinajstić information content (AvgIpc) is 2.76. The molecule has 1 aromatic rings. The second kappa shape index (κ2) is 5.56. The maximum Gasteiger partial charge on any atom is 0.169 e. The molecule has 0 amide bonds. The molecule has 1 aliphatic heterocycles. The highest BCUT2D eigenvalue weighted by molar-refractivity contribution is 5.58. The van der Waals surface area contributed by atoms with Gasteiger partial charge in [-0.3, -0.25) is 0 Å². The minimum absolute atomic E-state index is 0.643. The Labute approximate surface area is 115 Å². The van der Waals surface area contributed by atoms with Gasteiger partial charge in [0.15, 0.2) is 5.82 Å². The van der Waals surface area contributed by atoms with E-state index in [0.29, 0.717) is 11.8 Å². The van der Waals surface area contributed by atoms with Gasteiger partial charge in [0.2, 0.25) is 0 Å². The van der Waals surface area contributed by atoms with Crippen molar-refractivity contribution in [2.75, 3.05) is 18.0 Å². The summed E-state index contributed by atoms with van der Waals surface area (Å²) in [5.41, 5.74) is 2.76. The van der Waals surface area contributed by atoms with E-state index in [1.807, 2.05) is 0 Å². The second-order valence-electron chi connectivity index (χ2n) is 5.50. The Balaban J connectivity index is 2.45. The van der Waals surface area contributed by atoms with Crippen molar-refractivity contribution >= 4 is 5.82 Å². The number of hydrogen-bond donors (Lipinski definition) is 0. The third-order valence-electron chi connectivity index (χ3n) is 4.23. The smallest absolute Gasteiger partial charge is 0.169 e. The van der Waals surface area contributed by atoms with Crippen LogP contribution in [-0.2, 0) is 12.8 Å². The molecule has 2 unspecified atom stereocenters. The minimum atomic E-state index is 0.643. The van der Waals surface area contributed by atoms with Crippen LogP contribution in [0.1, 0.15) is 44.5 Å². The Morgan fingerprint density at radius 1 is 1.16 bits per heavy atom. The average molecular weight is 258 g/mol. The van der Waals surface area contributed by atoms with E-state index in [9.17, 15) is 5.26 Å². The fraction of sp³-hybridized carbons (Fsp3) is 0.667. The van der Waals surface area contributed by atoms with E-state index in [-0.39, 0.29) is 0 Å². The molecule has 1 aromatic heterocycles. The van der Waals surface area contributed by atoms with Crippen LogP contribution in [0.2, 0.25) is 0 Å². The summed E-state index contributed by atoms with van der Waals surface area (Å²) in [4.78, 5) is 2.22. The molecule has 1 aliphatic rings. The second-order valence-corrected chi connectivity index (χ2v) is 5.50. The maximum atomic E-state index is 9.50. The SMILES string of the molecule is CCc1nnc(N2CC(C)C(C)C2)c(C#N)c1CC. The molecule has 0 radical (unpaired) electrons. The summed E-state index contributed by atoms with van der Waals surface area (Å²) < 4.78 is 0. The predicted octanol–water partition coefficient (Wildman–Crippen LogP) is 2.57. The number of nitriles is 1. The van der Waals surface area contributed by atoms with E-state index < -0.39 is 0 Å². The zero-order valence-corrected chi connectivity index (χ0v) is 12.3. The van der Waals surface area contributed by atoms with Crippen molar-refractivity contribution < 1.29 is 0 Å². The summed E-state index contributed by atoms with van der Waals surface area (Å²) in [5.74, 6) is 2.07. The van der Waals surface area contributed by atoms with Crippen molar-refractivity contribution in [3.63, 3.8) is 0 Å². The van der Waals surface area contributed by atoms with Gasteiger partial charge in [0, 0.05) is 13.1 Å². The lowest BCUT2D eigenvalue weighted by atomic mass is 10.0. The van der Waals surface area contributed by atoms with Crippen LogP contribution in [0.3, 0.4) is 0 Å². The van der Waals surface area contributed by atoms with Crippen LogP contribution in [0, 0.1) is 23.2 Å². The molecule has 1 saturated heterocycles. The van der Waals surface area contributed by atoms with Gasteiger partial charge in [0.1, 0.15) is 11.6 Å². The first kappa shape index (κ1) is 13.8. The van der Waals surface area contributed by atoms with Crippen molar-refractivity contribution in [2.24, 2.45) is 11.8 Å². The number of aryl methyl sites for hydroxylation is 1. The van der Waals surface area contributed by atoms with E-state index in [2.05, 4.69) is 48.9 Å². The fourth-order valence-corrected chi connectivity index (χ4v) is 2.80. The summed E-state index contributed by atoms with van der Waals surface area (Å²) in [6.07, 6.45) is 1.67. The molecule has 4 nitrogen and oxygen atoms in total. The lowest BCUT2D eigenvalue weighted by Crippen LogP contribution is -2.23. The third kappa shape index (κ3) is 2.42. The van der Waals surface area contributed by atoms with Crippen LogP contribution in [0.5, 0.6) is 0 Å². The van der Waals surface area contributed by atoms with E-state index in [1.54, 1.807) is 0 Å². The van der Waals surface area contributed by atoms with Crippen molar-refractivity contribution in [2.45, 2.75) is 40.5 Å². The molecule has 0 spiro atoms. The van der Waals surface area contributed by atoms with E-state index in [1.165, 1.54) is 0 Å². The van der Waals surface area contributed by atoms with Gasteiger partial charge < -0.3 is 4.90 Å². The van der Waals surface area contributed by atoms with Crippen molar-refractivity contribution in [1.29, 1.82) is 5.26 Å². The molecule has 19 heavy (non-hydrogen) atoms. The molecule has 0 N–H and O–H groups in total. The lowest BCUT2D eigenvalue weighted by molar-refractivity contribution is 0.494. The van der Waals surface area contributed by atoms with Crippen LogP contribution in [-0.4, -0.2) is 23.3 Å². The molecule has 0 bridgehead atoms. The molecular formula is C15H22N4. The number of hydrogen-bond acceptors (Lipinski definition) is 4. The largest absolute Gasteiger partial charge is 0.353 e. The normalized spacial score (nSPS) is 22.6. The summed E-state index contributed by atoms with van der Waals surface area (Å²) in [6, 6.07) is 2.35. The van der Waals surface area contributed by atoms with Crippen LogP contribution < -0.4 is 4.90 Å². The topological polar surface area (TPSA) is 52.8 Å². The molecule has 0 aliphatic carbocycles. The van der Waals surface area contributed by atoms with Crippen LogP contribution in [0.25, 0.3) is 0 Å². The molecule has 0 saturated carbocycles. The van der Waals surface area contributed by atoms with Crippen LogP contribution in [0.4, 0.5) is 5.82 Å². The van der Waals surface area contributed by atoms with Crippen molar-refractivity contribution in [3.8, 4) is 6.07 Å². The molecular weight excluding hydrogens is 236 g/mol. The first-order valence-corrected chi connectivity index (χ1v) is 7.15. The first-order valence-electron chi connectivity index (χ1n) is 7.15. The molecule has 102 valence electrons.